The average Bonchev–Trinajstić information content (AvgIpc) is 2.76. The predicted octanol–water partition coefficient (Wildman–Crippen LogP) is 2.63. The molecule has 0 aliphatic carbocycles. The van der Waals surface area contributed by atoms with Crippen molar-refractivity contribution in [2.75, 3.05) is 0 Å². The second-order valence-corrected chi connectivity index (χ2v) is 5.22. The predicted molar refractivity (Wildman–Crippen MR) is 70.2 cm³/mol. The van der Waals surface area contributed by atoms with Crippen LogP contribution in [0.5, 0.6) is 0 Å². The first-order valence-electron chi connectivity index (χ1n) is 5.87. The minimum Gasteiger partial charge on any atom is -0.325 e. The van der Waals surface area contributed by atoms with E-state index in [4.69, 9.17) is 5.73 Å². The van der Waals surface area contributed by atoms with E-state index in [1.165, 1.54) is 5.56 Å². The second kappa shape index (κ2) is 4.34. The van der Waals surface area contributed by atoms with Crippen molar-refractivity contribution in [1.29, 1.82) is 0 Å². The van der Waals surface area contributed by atoms with Gasteiger partial charge in [0.1, 0.15) is 0 Å². The number of hydrogen-bond acceptors (Lipinski definition) is 2. The van der Waals surface area contributed by atoms with Crippen LogP contribution in [0.3, 0.4) is 0 Å². The molecule has 0 radical (unpaired) electrons. The van der Waals surface area contributed by atoms with Gasteiger partial charge in [0, 0.05) is 12.7 Å². The minimum absolute atomic E-state index is 0.103. The van der Waals surface area contributed by atoms with Crippen LogP contribution in [0, 0.1) is 0 Å². The van der Waals surface area contributed by atoms with E-state index in [-0.39, 0.29) is 5.41 Å². The molecule has 1 aromatic heterocycles. The van der Waals surface area contributed by atoms with Crippen molar-refractivity contribution in [2.45, 2.75) is 32.7 Å². The molecule has 17 heavy (non-hydrogen) atoms. The highest BCUT2D eigenvalue weighted by Crippen LogP contribution is 2.27. The number of para-hydroxylation sites is 1. The summed E-state index contributed by atoms with van der Waals surface area (Å²) < 4.78 is 1.91. The van der Waals surface area contributed by atoms with E-state index >= 15 is 0 Å². The molecule has 0 saturated carbocycles. The lowest BCUT2D eigenvalue weighted by molar-refractivity contribution is 0.583. The Labute approximate surface area is 102 Å². The smallest absolute Gasteiger partial charge is 0.0764 e. The molecule has 0 aliphatic heterocycles. The van der Waals surface area contributed by atoms with Crippen LogP contribution in [0.15, 0.2) is 36.5 Å². The largest absolute Gasteiger partial charge is 0.325 e. The Balaban J connectivity index is 2.52. The van der Waals surface area contributed by atoms with E-state index in [1.807, 2.05) is 23.0 Å². The molecule has 3 nitrogen and oxygen atoms in total. The molecule has 90 valence electrons. The molecule has 0 amide bonds. The molecule has 0 unspecified atom stereocenters. The summed E-state index contributed by atoms with van der Waals surface area (Å²) in [5.41, 5.74) is 9.01. The molecule has 0 bridgehead atoms. The molecule has 1 aromatic carbocycles. The summed E-state index contributed by atoms with van der Waals surface area (Å²) in [5, 5.41) is 4.46. The monoisotopic (exact) mass is 229 g/mol. The molecule has 2 rings (SSSR count). The first-order chi connectivity index (χ1) is 8.02. The molecule has 0 fully saturated rings. The molecule has 1 heterocycles. The fourth-order valence-electron chi connectivity index (χ4n) is 1.91. The summed E-state index contributed by atoms with van der Waals surface area (Å²) >= 11 is 0. The third-order valence-electron chi connectivity index (χ3n) is 2.81. The lowest BCUT2D eigenvalue weighted by atomic mass is 9.86. The first-order valence-corrected chi connectivity index (χ1v) is 5.87. The van der Waals surface area contributed by atoms with Gasteiger partial charge < -0.3 is 5.73 Å². The highest BCUT2D eigenvalue weighted by atomic mass is 15.3. The Morgan fingerprint density at radius 1 is 1.18 bits per heavy atom. The summed E-state index contributed by atoms with van der Waals surface area (Å²) in [7, 11) is 0. The van der Waals surface area contributed by atoms with E-state index < -0.39 is 0 Å². The van der Waals surface area contributed by atoms with Crippen molar-refractivity contribution >= 4 is 0 Å². The molecule has 2 aromatic rings. The van der Waals surface area contributed by atoms with E-state index in [1.54, 1.807) is 0 Å². The van der Waals surface area contributed by atoms with Gasteiger partial charge in [-0.25, -0.2) is 4.68 Å². The number of rotatable bonds is 2. The van der Waals surface area contributed by atoms with Gasteiger partial charge in [0.05, 0.1) is 11.4 Å². The summed E-state index contributed by atoms with van der Waals surface area (Å²) in [5.74, 6) is 0. The van der Waals surface area contributed by atoms with E-state index in [9.17, 15) is 0 Å². The van der Waals surface area contributed by atoms with E-state index in [2.05, 4.69) is 44.1 Å². The molecule has 3 heteroatoms. The lowest BCUT2D eigenvalue weighted by Gasteiger charge is -2.22. The van der Waals surface area contributed by atoms with Gasteiger partial charge in [0.15, 0.2) is 0 Å². The van der Waals surface area contributed by atoms with Gasteiger partial charge in [-0.05, 0) is 23.1 Å². The van der Waals surface area contributed by atoms with Crippen LogP contribution in [-0.2, 0) is 12.0 Å². The van der Waals surface area contributed by atoms with Gasteiger partial charge >= 0.3 is 0 Å². The third-order valence-corrected chi connectivity index (χ3v) is 2.81. The molecule has 0 atom stereocenters. The summed E-state index contributed by atoms with van der Waals surface area (Å²) in [6.07, 6.45) is 1.97. The van der Waals surface area contributed by atoms with Crippen LogP contribution in [0.4, 0.5) is 0 Å². The maximum absolute atomic E-state index is 5.59. The maximum Gasteiger partial charge on any atom is 0.0764 e. The first kappa shape index (κ1) is 11.9. The highest BCUT2D eigenvalue weighted by Gasteiger charge is 2.18. The Hall–Kier alpha value is -1.61. The number of nitrogens with zero attached hydrogens (tertiary/aromatic N) is 2. The zero-order valence-electron chi connectivity index (χ0n) is 10.6. The van der Waals surface area contributed by atoms with E-state index in [0.29, 0.717) is 6.54 Å². The van der Waals surface area contributed by atoms with Crippen LogP contribution >= 0.6 is 0 Å². The van der Waals surface area contributed by atoms with Crippen LogP contribution in [0.25, 0.3) is 5.69 Å². The minimum atomic E-state index is 0.103. The standard InChI is InChI=1S/C14H19N3/c1-14(2,3)12-6-4-5-7-13(12)17-9-8-11(10-15)16-17/h4-9H,10,15H2,1-3H3. The quantitative estimate of drug-likeness (QED) is 0.860. The summed E-state index contributed by atoms with van der Waals surface area (Å²) in [6, 6.07) is 10.3. The van der Waals surface area contributed by atoms with Crippen molar-refractivity contribution in [2.24, 2.45) is 5.73 Å². The third kappa shape index (κ3) is 2.39. The van der Waals surface area contributed by atoms with Gasteiger partial charge in [0.2, 0.25) is 0 Å². The number of nitrogens with two attached hydrogens (primary N) is 1. The molecular formula is C14H19N3. The van der Waals surface area contributed by atoms with Gasteiger partial charge in [0.25, 0.3) is 0 Å². The topological polar surface area (TPSA) is 43.8 Å². The molecule has 2 N–H and O–H groups in total. The fourth-order valence-corrected chi connectivity index (χ4v) is 1.91. The zero-order valence-corrected chi connectivity index (χ0v) is 10.6. The van der Waals surface area contributed by atoms with Crippen LogP contribution in [0.2, 0.25) is 0 Å². The number of hydrogen-bond donors (Lipinski definition) is 1. The Bertz CT molecular complexity index is 506. The van der Waals surface area contributed by atoms with E-state index in [0.717, 1.165) is 11.4 Å². The van der Waals surface area contributed by atoms with Crippen LogP contribution in [-0.4, -0.2) is 9.78 Å². The Kier molecular flexibility index (Phi) is 3.03. The zero-order chi connectivity index (χ0) is 12.5. The highest BCUT2D eigenvalue weighted by molar-refractivity contribution is 5.44. The number of aromatic nitrogens is 2. The average molecular weight is 229 g/mol. The van der Waals surface area contributed by atoms with Gasteiger partial charge in [-0.3, -0.25) is 0 Å². The molecular weight excluding hydrogens is 210 g/mol. The second-order valence-electron chi connectivity index (χ2n) is 5.22. The number of benzene rings is 1. The normalized spacial score (nSPS) is 11.8. The summed E-state index contributed by atoms with van der Waals surface area (Å²) in [6.45, 7) is 7.10. The Morgan fingerprint density at radius 3 is 2.47 bits per heavy atom. The van der Waals surface area contributed by atoms with Crippen molar-refractivity contribution < 1.29 is 0 Å². The van der Waals surface area contributed by atoms with Gasteiger partial charge in [-0.2, -0.15) is 5.10 Å². The van der Waals surface area contributed by atoms with Crippen molar-refractivity contribution in [3.63, 3.8) is 0 Å². The summed E-state index contributed by atoms with van der Waals surface area (Å²) in [4.78, 5) is 0. The van der Waals surface area contributed by atoms with Gasteiger partial charge in [-0.15, -0.1) is 0 Å². The van der Waals surface area contributed by atoms with Crippen LogP contribution < -0.4 is 5.73 Å². The molecule has 0 aliphatic rings. The maximum atomic E-state index is 5.59. The molecule has 0 saturated heterocycles. The molecule has 0 spiro atoms. The van der Waals surface area contributed by atoms with Crippen molar-refractivity contribution in [1.82, 2.24) is 9.78 Å². The Morgan fingerprint density at radius 2 is 1.88 bits per heavy atom. The SMILES string of the molecule is CC(C)(C)c1ccccc1-n1ccc(CN)n1. The van der Waals surface area contributed by atoms with Crippen LogP contribution in [0.1, 0.15) is 32.0 Å². The van der Waals surface area contributed by atoms with Gasteiger partial charge in [-0.1, -0.05) is 39.0 Å². The lowest BCUT2D eigenvalue weighted by Crippen LogP contribution is -2.15. The van der Waals surface area contributed by atoms with Crippen molar-refractivity contribution in [3.05, 3.63) is 47.8 Å². The fraction of sp³-hybridized carbons (Fsp3) is 0.357. The van der Waals surface area contributed by atoms with Crippen molar-refractivity contribution in [3.8, 4) is 5.69 Å².